The van der Waals surface area contributed by atoms with Gasteiger partial charge in [-0.3, -0.25) is 9.78 Å². The molecule has 2 heterocycles. The number of nitrogens with zero attached hydrogens (tertiary/aromatic N) is 4. The van der Waals surface area contributed by atoms with Crippen molar-refractivity contribution in [1.29, 1.82) is 0 Å². The van der Waals surface area contributed by atoms with E-state index in [2.05, 4.69) is 21.8 Å². The van der Waals surface area contributed by atoms with E-state index in [-0.39, 0.29) is 47.9 Å². The Kier molecular flexibility index (Phi) is 7.40. The zero-order valence-corrected chi connectivity index (χ0v) is 20.9. The van der Waals surface area contributed by atoms with Gasteiger partial charge >= 0.3 is 0 Å². The highest BCUT2D eigenvalue weighted by Crippen LogP contribution is 2.34. The van der Waals surface area contributed by atoms with Crippen LogP contribution in [0.3, 0.4) is 0 Å². The average molecular weight is 499 g/mol. The van der Waals surface area contributed by atoms with Crippen molar-refractivity contribution in [3.8, 4) is 17.6 Å². The van der Waals surface area contributed by atoms with Crippen molar-refractivity contribution in [2.45, 2.75) is 43.7 Å². The van der Waals surface area contributed by atoms with Gasteiger partial charge in [-0.25, -0.2) is 13.4 Å². The van der Waals surface area contributed by atoms with E-state index in [1.165, 1.54) is 33.9 Å². The zero-order valence-electron chi connectivity index (χ0n) is 20.1. The summed E-state index contributed by atoms with van der Waals surface area (Å²) < 4.78 is 34.7. The molecule has 10 heteroatoms. The van der Waals surface area contributed by atoms with Crippen LogP contribution >= 0.6 is 0 Å². The molecule has 4 rings (SSSR count). The van der Waals surface area contributed by atoms with E-state index in [4.69, 9.17) is 4.74 Å². The molecule has 1 N–H and O–H groups in total. The molecule has 2 aliphatic rings. The minimum absolute atomic E-state index is 0.0228. The van der Waals surface area contributed by atoms with Crippen molar-refractivity contribution in [3.05, 3.63) is 48.0 Å². The molecular formula is C25H30N4O5S. The summed E-state index contributed by atoms with van der Waals surface area (Å²) >= 11 is 0. The number of aliphatic hydroxyl groups is 1. The lowest BCUT2D eigenvalue weighted by atomic mass is 10.0. The maximum absolute atomic E-state index is 13.6. The van der Waals surface area contributed by atoms with Crippen LogP contribution < -0.4 is 4.74 Å². The van der Waals surface area contributed by atoms with E-state index < -0.39 is 22.2 Å². The number of benzene rings is 1. The van der Waals surface area contributed by atoms with E-state index in [0.29, 0.717) is 11.5 Å². The molecule has 1 aromatic heterocycles. The molecule has 1 amide bonds. The van der Waals surface area contributed by atoms with Gasteiger partial charge in [0, 0.05) is 49.4 Å². The SMILES string of the molecule is C[C@H](CO)N1C[C@H](C)[C@H](CN(C)C(=O)c2cnccn2)Oc2cc(C#CC3CC3)ccc2S1(=O)=O. The number of fused-ring (bicyclic) bond motifs is 1. The third-order valence-corrected chi connectivity index (χ3v) is 8.27. The van der Waals surface area contributed by atoms with Crippen LogP contribution in [0.5, 0.6) is 5.75 Å². The maximum atomic E-state index is 13.6. The number of likely N-dealkylation sites (N-methyl/N-ethyl adjacent to an activating group) is 1. The lowest BCUT2D eigenvalue weighted by molar-refractivity contribution is 0.0559. The topological polar surface area (TPSA) is 113 Å². The highest BCUT2D eigenvalue weighted by atomic mass is 32.2. The van der Waals surface area contributed by atoms with Crippen molar-refractivity contribution in [2.75, 3.05) is 26.7 Å². The van der Waals surface area contributed by atoms with Crippen LogP contribution in [0.25, 0.3) is 0 Å². The van der Waals surface area contributed by atoms with Gasteiger partial charge in [0.1, 0.15) is 22.4 Å². The summed E-state index contributed by atoms with van der Waals surface area (Å²) in [5.74, 6) is 6.29. The molecular weight excluding hydrogens is 468 g/mol. The Hall–Kier alpha value is -3.00. The number of carbonyl (C=O) groups is 1. The van der Waals surface area contributed by atoms with Crippen molar-refractivity contribution < 1.29 is 23.1 Å². The molecule has 3 atom stereocenters. The lowest BCUT2D eigenvalue weighted by Gasteiger charge is -2.37. The summed E-state index contributed by atoms with van der Waals surface area (Å²) in [5.41, 5.74) is 0.883. The highest BCUT2D eigenvalue weighted by molar-refractivity contribution is 7.89. The third kappa shape index (κ3) is 5.64. The van der Waals surface area contributed by atoms with Crippen molar-refractivity contribution in [1.82, 2.24) is 19.2 Å². The number of aliphatic hydroxyl groups excluding tert-OH is 1. The molecule has 9 nitrogen and oxygen atoms in total. The van der Waals surface area contributed by atoms with Gasteiger partial charge in [-0.2, -0.15) is 4.31 Å². The molecule has 0 spiro atoms. The van der Waals surface area contributed by atoms with Crippen molar-refractivity contribution >= 4 is 15.9 Å². The van der Waals surface area contributed by atoms with Gasteiger partial charge in [-0.05, 0) is 38.0 Å². The first kappa shape index (κ1) is 25.1. The molecule has 1 fully saturated rings. The molecule has 186 valence electrons. The van der Waals surface area contributed by atoms with Crippen LogP contribution in [0.2, 0.25) is 0 Å². The largest absolute Gasteiger partial charge is 0.487 e. The number of ether oxygens (including phenoxy) is 1. The smallest absolute Gasteiger partial charge is 0.273 e. The molecule has 1 aliphatic carbocycles. The van der Waals surface area contributed by atoms with Gasteiger partial charge in [0.15, 0.2) is 0 Å². The first-order chi connectivity index (χ1) is 16.7. The van der Waals surface area contributed by atoms with Gasteiger partial charge in [0.2, 0.25) is 10.0 Å². The first-order valence-corrected chi connectivity index (χ1v) is 13.1. The van der Waals surface area contributed by atoms with Gasteiger partial charge in [0.25, 0.3) is 5.91 Å². The van der Waals surface area contributed by atoms with E-state index in [0.717, 1.165) is 12.8 Å². The van der Waals surface area contributed by atoms with Crippen molar-refractivity contribution in [2.24, 2.45) is 11.8 Å². The fraction of sp³-hybridized carbons (Fsp3) is 0.480. The highest BCUT2D eigenvalue weighted by Gasteiger charge is 2.38. The zero-order chi connectivity index (χ0) is 25.2. The number of amides is 1. The molecule has 0 unspecified atom stereocenters. The normalized spacial score (nSPS) is 22.4. The second-order valence-electron chi connectivity index (χ2n) is 9.22. The average Bonchev–Trinajstić information content (AvgIpc) is 3.69. The minimum Gasteiger partial charge on any atom is -0.487 e. The maximum Gasteiger partial charge on any atom is 0.273 e. The fourth-order valence-corrected chi connectivity index (χ4v) is 5.72. The fourth-order valence-electron chi connectivity index (χ4n) is 3.89. The number of hydrogen-bond donors (Lipinski definition) is 1. The summed E-state index contributed by atoms with van der Waals surface area (Å²) in [6.45, 7) is 3.56. The Morgan fingerprint density at radius 1 is 1.34 bits per heavy atom. The predicted octanol–water partition coefficient (Wildman–Crippen LogP) is 1.78. The van der Waals surface area contributed by atoms with E-state index in [9.17, 15) is 18.3 Å². The summed E-state index contributed by atoms with van der Waals surface area (Å²) in [7, 11) is -2.28. The summed E-state index contributed by atoms with van der Waals surface area (Å²) in [4.78, 5) is 22.4. The molecule has 0 bridgehead atoms. The molecule has 1 aliphatic heterocycles. The lowest BCUT2D eigenvalue weighted by Crippen LogP contribution is -2.50. The summed E-state index contributed by atoms with van der Waals surface area (Å²) in [5, 5.41) is 9.78. The van der Waals surface area contributed by atoms with Gasteiger partial charge in [0.05, 0.1) is 19.3 Å². The Bertz CT molecular complexity index is 1240. The number of aromatic nitrogens is 2. The van der Waals surface area contributed by atoms with E-state index in [1.807, 2.05) is 6.92 Å². The van der Waals surface area contributed by atoms with Gasteiger partial charge in [-0.1, -0.05) is 18.8 Å². The van der Waals surface area contributed by atoms with Crippen LogP contribution in [-0.4, -0.2) is 77.5 Å². The Balaban J connectivity index is 1.69. The van der Waals surface area contributed by atoms with Gasteiger partial charge in [-0.15, -0.1) is 0 Å². The van der Waals surface area contributed by atoms with Crippen LogP contribution in [0.15, 0.2) is 41.7 Å². The van der Waals surface area contributed by atoms with Crippen LogP contribution in [0.4, 0.5) is 0 Å². The Labute approximate surface area is 206 Å². The van der Waals surface area contributed by atoms with Gasteiger partial charge < -0.3 is 14.7 Å². The molecule has 1 aromatic carbocycles. The predicted molar refractivity (Wildman–Crippen MR) is 129 cm³/mol. The number of sulfonamides is 1. The van der Waals surface area contributed by atoms with Crippen LogP contribution in [0, 0.1) is 23.7 Å². The second kappa shape index (κ2) is 10.3. The molecule has 0 saturated heterocycles. The first-order valence-electron chi connectivity index (χ1n) is 11.7. The van der Waals surface area contributed by atoms with Crippen molar-refractivity contribution in [3.63, 3.8) is 0 Å². The monoisotopic (exact) mass is 498 g/mol. The Morgan fingerprint density at radius 3 is 2.77 bits per heavy atom. The second-order valence-corrected chi connectivity index (χ2v) is 11.1. The molecule has 35 heavy (non-hydrogen) atoms. The quantitative estimate of drug-likeness (QED) is 0.625. The molecule has 1 saturated carbocycles. The van der Waals surface area contributed by atoms with E-state index in [1.54, 1.807) is 26.1 Å². The molecule has 2 aromatic rings. The summed E-state index contributed by atoms with van der Waals surface area (Å²) in [6.07, 6.45) is 6.00. The minimum atomic E-state index is -3.93. The molecule has 0 radical (unpaired) electrons. The number of hydrogen-bond acceptors (Lipinski definition) is 7. The number of rotatable bonds is 5. The third-order valence-electron chi connectivity index (χ3n) is 6.25. The number of carbonyl (C=O) groups excluding carboxylic acids is 1. The van der Waals surface area contributed by atoms with Crippen LogP contribution in [0.1, 0.15) is 42.7 Å². The summed E-state index contributed by atoms with van der Waals surface area (Å²) in [6, 6.07) is 4.22. The van der Waals surface area contributed by atoms with Crippen LogP contribution in [-0.2, 0) is 10.0 Å². The van der Waals surface area contributed by atoms with E-state index >= 15 is 0 Å². The standard InChI is InChI=1S/C25H30N4O5S/c1-17-14-29(18(2)16-30)35(32,33)24-9-8-20(7-6-19-4-5-19)12-22(24)34-23(17)15-28(3)25(31)21-13-26-10-11-27-21/h8-13,17-19,23,30H,4-5,14-16H2,1-3H3/t17-,18+,23-/m0/s1. The Morgan fingerprint density at radius 2 is 2.11 bits per heavy atom.